The van der Waals surface area contributed by atoms with Crippen molar-refractivity contribution in [1.29, 1.82) is 0 Å². The summed E-state index contributed by atoms with van der Waals surface area (Å²) in [6, 6.07) is 13.9. The van der Waals surface area contributed by atoms with Crippen molar-refractivity contribution >= 4 is 27.5 Å². The van der Waals surface area contributed by atoms with E-state index in [0.29, 0.717) is 12.1 Å². The average Bonchev–Trinajstić information content (AvgIpc) is 2.77. The van der Waals surface area contributed by atoms with Crippen molar-refractivity contribution in [3.63, 3.8) is 0 Å². The fourth-order valence-electron chi connectivity index (χ4n) is 3.73. The van der Waals surface area contributed by atoms with Gasteiger partial charge in [0.15, 0.2) is 0 Å². The van der Waals surface area contributed by atoms with Crippen molar-refractivity contribution in [2.24, 2.45) is 0 Å². The standard InChI is InChI=1S/C26H37N3O4S/c1-7-21(5)27-26(31)24(8-2)28(17-22-14-10-9-13-20(22)4)25(30)18-29(34(6,32)33)23-15-11-12-19(3)16-23/h9-16,21,24H,7-8,17-18H2,1-6H3,(H,27,31)/t21-,24-/m1/s1. The topological polar surface area (TPSA) is 86.8 Å². The molecule has 0 aliphatic carbocycles. The third-order valence-corrected chi connectivity index (χ3v) is 7.10. The minimum atomic E-state index is -3.73. The smallest absolute Gasteiger partial charge is 0.244 e. The van der Waals surface area contributed by atoms with Gasteiger partial charge in [0.25, 0.3) is 0 Å². The van der Waals surface area contributed by atoms with E-state index in [2.05, 4.69) is 5.32 Å². The zero-order valence-electron chi connectivity index (χ0n) is 21.0. The summed E-state index contributed by atoms with van der Waals surface area (Å²) in [4.78, 5) is 28.3. The van der Waals surface area contributed by atoms with Gasteiger partial charge in [-0.1, -0.05) is 50.2 Å². The van der Waals surface area contributed by atoms with Gasteiger partial charge in [0.2, 0.25) is 21.8 Å². The zero-order valence-corrected chi connectivity index (χ0v) is 21.9. The van der Waals surface area contributed by atoms with Crippen molar-refractivity contribution in [2.75, 3.05) is 17.1 Å². The Kier molecular flexibility index (Phi) is 9.67. The monoisotopic (exact) mass is 487 g/mol. The van der Waals surface area contributed by atoms with Gasteiger partial charge in [-0.2, -0.15) is 0 Å². The Hall–Kier alpha value is -2.87. The quantitative estimate of drug-likeness (QED) is 0.522. The maximum atomic E-state index is 13.7. The van der Waals surface area contributed by atoms with E-state index in [0.717, 1.165) is 33.7 Å². The first-order valence-electron chi connectivity index (χ1n) is 11.7. The van der Waals surface area contributed by atoms with Crippen LogP contribution in [0.25, 0.3) is 0 Å². The van der Waals surface area contributed by atoms with Gasteiger partial charge < -0.3 is 10.2 Å². The summed E-state index contributed by atoms with van der Waals surface area (Å²) in [5, 5.41) is 2.97. The van der Waals surface area contributed by atoms with E-state index in [1.165, 1.54) is 4.90 Å². The molecule has 0 aliphatic heterocycles. The molecule has 0 radical (unpaired) electrons. The Labute approximate surface area is 204 Å². The predicted octanol–water partition coefficient (Wildman–Crippen LogP) is 3.79. The molecule has 0 saturated heterocycles. The molecular formula is C26H37N3O4S. The van der Waals surface area contributed by atoms with Crippen LogP contribution in [0.15, 0.2) is 48.5 Å². The van der Waals surface area contributed by atoms with Crippen LogP contribution in [0.1, 0.15) is 50.3 Å². The minimum absolute atomic E-state index is 0.0308. The van der Waals surface area contributed by atoms with E-state index in [4.69, 9.17) is 0 Å². The highest BCUT2D eigenvalue weighted by Crippen LogP contribution is 2.21. The summed E-state index contributed by atoms with van der Waals surface area (Å²) in [7, 11) is -3.73. The summed E-state index contributed by atoms with van der Waals surface area (Å²) in [5.74, 6) is -0.665. The number of benzene rings is 2. The van der Waals surface area contributed by atoms with Crippen LogP contribution in [0, 0.1) is 13.8 Å². The van der Waals surface area contributed by atoms with E-state index in [1.807, 2.05) is 65.0 Å². The second-order valence-electron chi connectivity index (χ2n) is 8.80. The lowest BCUT2D eigenvalue weighted by molar-refractivity contribution is -0.140. The number of carbonyl (C=O) groups is 2. The maximum Gasteiger partial charge on any atom is 0.244 e. The molecule has 0 fully saturated rings. The van der Waals surface area contributed by atoms with Gasteiger partial charge in [0.05, 0.1) is 11.9 Å². The number of nitrogens with zero attached hydrogens (tertiary/aromatic N) is 2. The van der Waals surface area contributed by atoms with Crippen LogP contribution in [0.4, 0.5) is 5.69 Å². The van der Waals surface area contributed by atoms with Crippen LogP contribution < -0.4 is 9.62 Å². The summed E-state index contributed by atoms with van der Waals surface area (Å²) < 4.78 is 26.4. The van der Waals surface area contributed by atoms with E-state index >= 15 is 0 Å². The number of nitrogens with one attached hydrogen (secondary N) is 1. The van der Waals surface area contributed by atoms with Gasteiger partial charge in [-0.15, -0.1) is 0 Å². The van der Waals surface area contributed by atoms with E-state index in [9.17, 15) is 18.0 Å². The molecule has 2 aromatic rings. The predicted molar refractivity (Wildman–Crippen MR) is 137 cm³/mol. The lowest BCUT2D eigenvalue weighted by Crippen LogP contribution is -2.53. The Morgan fingerprint density at radius 3 is 2.24 bits per heavy atom. The molecule has 0 bridgehead atoms. The van der Waals surface area contributed by atoms with Crippen LogP contribution in [0.3, 0.4) is 0 Å². The lowest BCUT2D eigenvalue weighted by atomic mass is 10.1. The molecule has 0 spiro atoms. The van der Waals surface area contributed by atoms with Crippen molar-refractivity contribution in [2.45, 2.75) is 66.1 Å². The molecule has 2 atom stereocenters. The molecule has 0 aliphatic rings. The van der Waals surface area contributed by atoms with Crippen LogP contribution in [-0.4, -0.2) is 50.0 Å². The summed E-state index contributed by atoms with van der Waals surface area (Å²) in [6.07, 6.45) is 2.26. The highest BCUT2D eigenvalue weighted by Gasteiger charge is 2.32. The van der Waals surface area contributed by atoms with Crippen molar-refractivity contribution in [3.8, 4) is 0 Å². The molecule has 2 amide bonds. The molecule has 8 heteroatoms. The number of hydrogen-bond acceptors (Lipinski definition) is 4. The normalized spacial score (nSPS) is 13.1. The maximum absolute atomic E-state index is 13.7. The third-order valence-electron chi connectivity index (χ3n) is 5.96. The van der Waals surface area contributed by atoms with Crippen molar-refractivity contribution < 1.29 is 18.0 Å². The van der Waals surface area contributed by atoms with Gasteiger partial charge in [-0.25, -0.2) is 8.42 Å². The number of anilines is 1. The van der Waals surface area contributed by atoms with Gasteiger partial charge in [-0.3, -0.25) is 13.9 Å². The highest BCUT2D eigenvalue weighted by atomic mass is 32.2. The van der Waals surface area contributed by atoms with Crippen LogP contribution in [-0.2, 0) is 26.2 Å². The molecule has 0 saturated carbocycles. The summed E-state index contributed by atoms with van der Waals surface area (Å²) in [6.45, 7) is 9.39. The number of rotatable bonds is 11. The Morgan fingerprint density at radius 1 is 1.00 bits per heavy atom. The van der Waals surface area contributed by atoms with E-state index in [-0.39, 0.29) is 25.0 Å². The minimum Gasteiger partial charge on any atom is -0.352 e. The zero-order chi connectivity index (χ0) is 25.5. The lowest BCUT2D eigenvalue weighted by Gasteiger charge is -2.33. The molecule has 0 aromatic heterocycles. The molecular weight excluding hydrogens is 450 g/mol. The number of amides is 2. The number of carbonyl (C=O) groups excluding carboxylic acids is 2. The fourth-order valence-corrected chi connectivity index (χ4v) is 4.57. The second kappa shape index (κ2) is 12.0. The van der Waals surface area contributed by atoms with E-state index in [1.54, 1.807) is 18.2 Å². The first-order chi connectivity index (χ1) is 16.0. The third kappa shape index (κ3) is 7.32. The van der Waals surface area contributed by atoms with Crippen LogP contribution >= 0.6 is 0 Å². The Morgan fingerprint density at radius 2 is 1.68 bits per heavy atom. The average molecular weight is 488 g/mol. The van der Waals surface area contributed by atoms with Crippen LogP contribution in [0.5, 0.6) is 0 Å². The van der Waals surface area contributed by atoms with Crippen molar-refractivity contribution in [1.82, 2.24) is 10.2 Å². The second-order valence-corrected chi connectivity index (χ2v) is 10.7. The molecule has 2 aromatic carbocycles. The number of aryl methyl sites for hydroxylation is 2. The summed E-state index contributed by atoms with van der Waals surface area (Å²) >= 11 is 0. The van der Waals surface area contributed by atoms with Gasteiger partial charge >= 0.3 is 0 Å². The molecule has 1 N–H and O–H groups in total. The van der Waals surface area contributed by atoms with E-state index < -0.39 is 22.0 Å². The Bertz CT molecular complexity index is 1100. The molecule has 186 valence electrons. The first kappa shape index (κ1) is 27.4. The molecule has 7 nitrogen and oxygen atoms in total. The molecule has 34 heavy (non-hydrogen) atoms. The Balaban J connectivity index is 2.45. The number of hydrogen-bond donors (Lipinski definition) is 1. The van der Waals surface area contributed by atoms with Gasteiger partial charge in [0.1, 0.15) is 12.6 Å². The molecule has 2 rings (SSSR count). The van der Waals surface area contributed by atoms with Crippen molar-refractivity contribution in [3.05, 3.63) is 65.2 Å². The number of sulfonamides is 1. The van der Waals surface area contributed by atoms with Crippen LogP contribution in [0.2, 0.25) is 0 Å². The van der Waals surface area contributed by atoms with Gasteiger partial charge in [0, 0.05) is 12.6 Å². The molecule has 0 unspecified atom stereocenters. The molecule has 0 heterocycles. The summed E-state index contributed by atoms with van der Waals surface area (Å²) in [5.41, 5.74) is 3.21. The largest absolute Gasteiger partial charge is 0.352 e. The first-order valence-corrected chi connectivity index (χ1v) is 13.5. The SMILES string of the molecule is CC[C@@H](C)NC(=O)[C@@H](CC)N(Cc1ccccc1C)C(=O)CN(c1cccc(C)c1)S(C)(=O)=O. The van der Waals surface area contributed by atoms with Gasteiger partial charge in [-0.05, 0) is 62.4 Å². The fraction of sp³-hybridized carbons (Fsp3) is 0.462. The highest BCUT2D eigenvalue weighted by molar-refractivity contribution is 7.92.